The van der Waals surface area contributed by atoms with Gasteiger partial charge in [-0.3, -0.25) is 0 Å². The van der Waals surface area contributed by atoms with Gasteiger partial charge in [-0.2, -0.15) is 0 Å². The van der Waals surface area contributed by atoms with Crippen LogP contribution in [0.3, 0.4) is 0 Å². The van der Waals surface area contributed by atoms with Crippen molar-refractivity contribution >= 4 is 15.5 Å². The van der Waals surface area contributed by atoms with Gasteiger partial charge in [0.2, 0.25) is 0 Å². The summed E-state index contributed by atoms with van der Waals surface area (Å²) in [5, 5.41) is 6.83. The second kappa shape index (κ2) is 5.13. The number of hydrogen-bond donors (Lipinski definition) is 2. The van der Waals surface area contributed by atoms with Crippen LogP contribution in [-0.2, 0) is 22.8 Å². The summed E-state index contributed by atoms with van der Waals surface area (Å²) < 4.78 is 22.8. The highest BCUT2D eigenvalue weighted by Crippen LogP contribution is 2.26. The number of fused-ring (bicyclic) bond motifs is 1. The van der Waals surface area contributed by atoms with Gasteiger partial charge in [-0.05, 0) is 36.4 Å². The van der Waals surface area contributed by atoms with Crippen LogP contribution >= 0.6 is 0 Å². The highest BCUT2D eigenvalue weighted by Gasteiger charge is 2.27. The summed E-state index contributed by atoms with van der Waals surface area (Å²) in [4.78, 5) is 0. The molecule has 1 fully saturated rings. The van der Waals surface area contributed by atoms with E-state index in [4.69, 9.17) is 0 Å². The Morgan fingerprint density at radius 3 is 3.05 bits per heavy atom. The molecule has 5 heteroatoms. The molecule has 2 heterocycles. The second-order valence-corrected chi connectivity index (χ2v) is 7.76. The van der Waals surface area contributed by atoms with Crippen molar-refractivity contribution < 1.29 is 8.42 Å². The third-order valence-electron chi connectivity index (χ3n) is 4.01. The summed E-state index contributed by atoms with van der Waals surface area (Å²) in [6.07, 6.45) is 1.91. The largest absolute Gasteiger partial charge is 0.384 e. The zero-order valence-electron chi connectivity index (χ0n) is 11.0. The van der Waals surface area contributed by atoms with Crippen molar-refractivity contribution in [2.75, 3.05) is 29.9 Å². The molecule has 0 aliphatic carbocycles. The van der Waals surface area contributed by atoms with Gasteiger partial charge in [-0.25, -0.2) is 8.42 Å². The molecule has 0 aromatic heterocycles. The molecule has 0 bridgehead atoms. The lowest BCUT2D eigenvalue weighted by Crippen LogP contribution is -2.23. The van der Waals surface area contributed by atoms with E-state index in [2.05, 4.69) is 28.8 Å². The standard InChI is InChI=1S/C14H20N2O2S/c17-19(18)7-5-11(10-19)8-15-9-13-3-1-2-12-4-6-16-14(12)13/h1-3,11,15-16H,4-10H2. The lowest BCUT2D eigenvalue weighted by atomic mass is 10.1. The van der Waals surface area contributed by atoms with Gasteiger partial charge in [0.15, 0.2) is 9.84 Å². The van der Waals surface area contributed by atoms with Crippen molar-refractivity contribution in [1.29, 1.82) is 0 Å². The Labute approximate surface area is 114 Å². The van der Waals surface area contributed by atoms with Crippen LogP contribution in [0.5, 0.6) is 0 Å². The molecule has 1 saturated heterocycles. The molecular weight excluding hydrogens is 260 g/mol. The molecule has 1 unspecified atom stereocenters. The summed E-state index contributed by atoms with van der Waals surface area (Å²) in [6.45, 7) is 2.63. The number of para-hydroxylation sites is 1. The van der Waals surface area contributed by atoms with Crippen molar-refractivity contribution in [1.82, 2.24) is 5.32 Å². The monoisotopic (exact) mass is 280 g/mol. The Kier molecular flexibility index (Phi) is 3.50. The normalized spacial score (nSPS) is 24.1. The Morgan fingerprint density at radius 1 is 1.37 bits per heavy atom. The van der Waals surface area contributed by atoms with Crippen molar-refractivity contribution in [3.63, 3.8) is 0 Å². The van der Waals surface area contributed by atoms with E-state index in [0.29, 0.717) is 11.5 Å². The zero-order valence-corrected chi connectivity index (χ0v) is 11.8. The molecule has 0 saturated carbocycles. The molecule has 2 aliphatic rings. The molecule has 4 nitrogen and oxygen atoms in total. The maximum Gasteiger partial charge on any atom is 0.150 e. The first kappa shape index (κ1) is 12.9. The number of hydrogen-bond acceptors (Lipinski definition) is 4. The average molecular weight is 280 g/mol. The zero-order chi connectivity index (χ0) is 13.3. The maximum absolute atomic E-state index is 11.4. The first-order chi connectivity index (χ1) is 9.14. The molecule has 19 heavy (non-hydrogen) atoms. The first-order valence-electron chi connectivity index (χ1n) is 6.90. The SMILES string of the molecule is O=S1(=O)CCC(CNCc2cccc3c2NCC3)C1. The highest BCUT2D eigenvalue weighted by atomic mass is 32.2. The first-order valence-corrected chi connectivity index (χ1v) is 8.72. The van der Waals surface area contributed by atoms with Crippen LogP contribution in [0.25, 0.3) is 0 Å². The molecule has 0 spiro atoms. The third-order valence-corrected chi connectivity index (χ3v) is 5.85. The van der Waals surface area contributed by atoms with E-state index in [1.165, 1.54) is 16.8 Å². The predicted molar refractivity (Wildman–Crippen MR) is 77.1 cm³/mol. The maximum atomic E-state index is 11.4. The van der Waals surface area contributed by atoms with Gasteiger partial charge in [0.05, 0.1) is 11.5 Å². The van der Waals surface area contributed by atoms with Crippen LogP contribution in [0.15, 0.2) is 18.2 Å². The minimum Gasteiger partial charge on any atom is -0.384 e. The minimum atomic E-state index is -2.75. The summed E-state index contributed by atoms with van der Waals surface area (Å²) in [5.74, 6) is 1.00. The van der Waals surface area contributed by atoms with Crippen molar-refractivity contribution in [3.05, 3.63) is 29.3 Å². The molecule has 1 aromatic rings. The Bertz CT molecular complexity index is 569. The fourth-order valence-corrected chi connectivity index (χ4v) is 4.86. The smallest absolute Gasteiger partial charge is 0.150 e. The Morgan fingerprint density at radius 2 is 2.26 bits per heavy atom. The van der Waals surface area contributed by atoms with Crippen LogP contribution < -0.4 is 10.6 Å². The van der Waals surface area contributed by atoms with Gasteiger partial charge in [0.1, 0.15) is 0 Å². The molecule has 2 aliphatic heterocycles. The molecular formula is C14H20N2O2S. The second-order valence-electron chi connectivity index (χ2n) is 5.53. The molecule has 0 radical (unpaired) electrons. The summed E-state index contributed by atoms with van der Waals surface area (Å²) in [7, 11) is -2.75. The molecule has 1 aromatic carbocycles. The number of sulfone groups is 1. The molecule has 0 amide bonds. The highest BCUT2D eigenvalue weighted by molar-refractivity contribution is 7.91. The van der Waals surface area contributed by atoms with Crippen LogP contribution in [0, 0.1) is 5.92 Å². The lowest BCUT2D eigenvalue weighted by molar-refractivity contribution is 0.521. The van der Waals surface area contributed by atoms with E-state index >= 15 is 0 Å². The van der Waals surface area contributed by atoms with Gasteiger partial charge in [-0.1, -0.05) is 18.2 Å². The fraction of sp³-hybridized carbons (Fsp3) is 0.571. The fourth-order valence-electron chi connectivity index (χ4n) is 3.00. The Balaban J connectivity index is 1.55. The van der Waals surface area contributed by atoms with Gasteiger partial charge < -0.3 is 10.6 Å². The predicted octanol–water partition coefficient (Wildman–Crippen LogP) is 1.18. The molecule has 104 valence electrons. The van der Waals surface area contributed by atoms with Crippen LogP contribution in [0.4, 0.5) is 5.69 Å². The third kappa shape index (κ3) is 2.92. The topological polar surface area (TPSA) is 58.2 Å². The quantitative estimate of drug-likeness (QED) is 0.869. The van der Waals surface area contributed by atoms with Crippen LogP contribution in [0.2, 0.25) is 0 Å². The van der Waals surface area contributed by atoms with Crippen molar-refractivity contribution in [3.8, 4) is 0 Å². The lowest BCUT2D eigenvalue weighted by Gasteiger charge is -2.12. The molecule has 1 atom stereocenters. The van der Waals surface area contributed by atoms with E-state index in [1.807, 2.05) is 0 Å². The number of nitrogens with one attached hydrogen (secondary N) is 2. The van der Waals surface area contributed by atoms with Crippen LogP contribution in [-0.4, -0.2) is 33.0 Å². The van der Waals surface area contributed by atoms with Gasteiger partial charge in [0, 0.05) is 18.8 Å². The van der Waals surface area contributed by atoms with Gasteiger partial charge in [0.25, 0.3) is 0 Å². The van der Waals surface area contributed by atoms with E-state index in [-0.39, 0.29) is 5.92 Å². The summed E-state index contributed by atoms with van der Waals surface area (Å²) >= 11 is 0. The summed E-state index contributed by atoms with van der Waals surface area (Å²) in [5.41, 5.74) is 3.95. The average Bonchev–Trinajstić information content (AvgIpc) is 2.96. The minimum absolute atomic E-state index is 0.287. The summed E-state index contributed by atoms with van der Waals surface area (Å²) in [6, 6.07) is 6.40. The van der Waals surface area contributed by atoms with E-state index in [9.17, 15) is 8.42 Å². The number of rotatable bonds is 4. The van der Waals surface area contributed by atoms with E-state index in [0.717, 1.165) is 32.5 Å². The molecule has 2 N–H and O–H groups in total. The van der Waals surface area contributed by atoms with Crippen molar-refractivity contribution in [2.24, 2.45) is 5.92 Å². The Hall–Kier alpha value is -1.07. The number of benzene rings is 1. The van der Waals surface area contributed by atoms with E-state index in [1.54, 1.807) is 0 Å². The van der Waals surface area contributed by atoms with Gasteiger partial charge in [-0.15, -0.1) is 0 Å². The van der Waals surface area contributed by atoms with Crippen LogP contribution in [0.1, 0.15) is 17.5 Å². The number of anilines is 1. The van der Waals surface area contributed by atoms with Gasteiger partial charge >= 0.3 is 0 Å². The van der Waals surface area contributed by atoms with Crippen molar-refractivity contribution in [2.45, 2.75) is 19.4 Å². The molecule has 3 rings (SSSR count). The van der Waals surface area contributed by atoms with E-state index < -0.39 is 9.84 Å².